The third-order valence-corrected chi connectivity index (χ3v) is 2.01. The molecule has 1 rings (SSSR count). The fraction of sp³-hybridized carbons (Fsp3) is 0.300. The monoisotopic (exact) mass is 198 g/mol. The van der Waals surface area contributed by atoms with Gasteiger partial charge in [-0.2, -0.15) is 0 Å². The summed E-state index contributed by atoms with van der Waals surface area (Å²) in [6.07, 6.45) is 0. The van der Waals surface area contributed by atoms with Crippen LogP contribution in [0.4, 0.5) is 4.39 Å². The summed E-state index contributed by atoms with van der Waals surface area (Å²) in [6, 6.07) is 3.52. The van der Waals surface area contributed by atoms with Crippen molar-refractivity contribution in [1.82, 2.24) is 0 Å². The number of phenols is 1. The summed E-state index contributed by atoms with van der Waals surface area (Å²) in [5, 5.41) is 9.36. The van der Waals surface area contributed by atoms with E-state index in [1.165, 1.54) is 19.2 Å². The number of hydrogen-bond acceptors (Lipinski definition) is 3. The number of rotatable bonds is 2. The lowest BCUT2D eigenvalue weighted by Gasteiger charge is -2.10. The predicted octanol–water partition coefficient (Wildman–Crippen LogP) is 1.81. The van der Waals surface area contributed by atoms with Gasteiger partial charge in [-0.3, -0.25) is 4.79 Å². The quantitative estimate of drug-likeness (QED) is 0.737. The van der Waals surface area contributed by atoms with E-state index in [4.69, 9.17) is 0 Å². The van der Waals surface area contributed by atoms with Crippen molar-refractivity contribution in [2.24, 2.45) is 0 Å². The van der Waals surface area contributed by atoms with Crippen LogP contribution in [-0.2, 0) is 9.53 Å². The van der Waals surface area contributed by atoms with Crippen molar-refractivity contribution in [2.75, 3.05) is 7.11 Å². The number of carbonyl (C=O) groups is 1. The summed E-state index contributed by atoms with van der Waals surface area (Å²) in [5.41, 5.74) is 0.359. The molecule has 0 heterocycles. The van der Waals surface area contributed by atoms with E-state index in [0.29, 0.717) is 5.56 Å². The standard InChI is InChI=1S/C10H11FO3/c1-6(10(13)14-2)8-4-3-7(11)5-9(8)12/h3-6,12H,1-2H3. The Kier molecular flexibility index (Phi) is 3.06. The highest BCUT2D eigenvalue weighted by Crippen LogP contribution is 2.26. The van der Waals surface area contributed by atoms with E-state index < -0.39 is 17.7 Å². The molecule has 14 heavy (non-hydrogen) atoms. The molecule has 76 valence electrons. The lowest BCUT2D eigenvalue weighted by molar-refractivity contribution is -0.142. The molecule has 0 fully saturated rings. The van der Waals surface area contributed by atoms with Gasteiger partial charge < -0.3 is 9.84 Å². The van der Waals surface area contributed by atoms with Crippen molar-refractivity contribution < 1.29 is 19.0 Å². The summed E-state index contributed by atoms with van der Waals surface area (Å²) in [5.74, 6) is -1.83. The fourth-order valence-electron chi connectivity index (χ4n) is 1.19. The second-order valence-corrected chi connectivity index (χ2v) is 2.95. The maximum Gasteiger partial charge on any atom is 0.312 e. The van der Waals surface area contributed by atoms with Crippen LogP contribution in [0.5, 0.6) is 5.75 Å². The number of benzene rings is 1. The molecule has 1 aromatic rings. The van der Waals surface area contributed by atoms with Crippen molar-refractivity contribution in [1.29, 1.82) is 0 Å². The highest BCUT2D eigenvalue weighted by molar-refractivity contribution is 5.78. The van der Waals surface area contributed by atoms with Gasteiger partial charge in [0, 0.05) is 11.6 Å². The molecule has 4 heteroatoms. The Hall–Kier alpha value is -1.58. The average Bonchev–Trinajstić information content (AvgIpc) is 2.15. The van der Waals surface area contributed by atoms with Gasteiger partial charge in [-0.25, -0.2) is 4.39 Å². The molecule has 0 aromatic heterocycles. The van der Waals surface area contributed by atoms with Crippen LogP contribution in [-0.4, -0.2) is 18.2 Å². The largest absolute Gasteiger partial charge is 0.508 e. The van der Waals surface area contributed by atoms with E-state index in [-0.39, 0.29) is 5.75 Å². The molecular weight excluding hydrogens is 187 g/mol. The molecule has 0 saturated heterocycles. The zero-order chi connectivity index (χ0) is 10.7. The molecule has 0 aliphatic heterocycles. The molecule has 1 atom stereocenters. The maximum atomic E-state index is 12.6. The van der Waals surface area contributed by atoms with E-state index in [0.717, 1.165) is 6.07 Å². The molecule has 1 unspecified atom stereocenters. The second kappa shape index (κ2) is 4.09. The third-order valence-electron chi connectivity index (χ3n) is 2.01. The number of methoxy groups -OCH3 is 1. The maximum absolute atomic E-state index is 12.6. The van der Waals surface area contributed by atoms with Gasteiger partial charge in [-0.15, -0.1) is 0 Å². The first kappa shape index (κ1) is 10.5. The Morgan fingerprint density at radius 3 is 2.71 bits per heavy atom. The number of hydrogen-bond donors (Lipinski definition) is 1. The summed E-state index contributed by atoms with van der Waals surface area (Å²) in [6.45, 7) is 1.58. The van der Waals surface area contributed by atoms with Crippen LogP contribution in [0, 0.1) is 5.82 Å². The van der Waals surface area contributed by atoms with Crippen LogP contribution in [0.3, 0.4) is 0 Å². The lowest BCUT2D eigenvalue weighted by atomic mass is 10.0. The van der Waals surface area contributed by atoms with Crippen LogP contribution in [0.25, 0.3) is 0 Å². The van der Waals surface area contributed by atoms with Gasteiger partial charge in [0.15, 0.2) is 0 Å². The van der Waals surface area contributed by atoms with Crippen molar-refractivity contribution >= 4 is 5.97 Å². The minimum absolute atomic E-state index is 0.233. The Bertz CT molecular complexity index is 349. The summed E-state index contributed by atoms with van der Waals surface area (Å²) in [4.78, 5) is 11.1. The van der Waals surface area contributed by atoms with Crippen LogP contribution in [0.2, 0.25) is 0 Å². The lowest BCUT2D eigenvalue weighted by Crippen LogP contribution is -2.10. The third kappa shape index (κ3) is 2.02. The van der Waals surface area contributed by atoms with Crippen molar-refractivity contribution in [3.8, 4) is 5.75 Å². The molecule has 0 amide bonds. The van der Waals surface area contributed by atoms with E-state index in [1.54, 1.807) is 6.92 Å². The van der Waals surface area contributed by atoms with Crippen LogP contribution in [0.15, 0.2) is 18.2 Å². The number of halogens is 1. The van der Waals surface area contributed by atoms with Gasteiger partial charge in [-0.1, -0.05) is 6.07 Å². The first-order chi connectivity index (χ1) is 6.56. The van der Waals surface area contributed by atoms with Gasteiger partial charge in [0.1, 0.15) is 11.6 Å². The molecule has 0 saturated carbocycles. The highest BCUT2D eigenvalue weighted by atomic mass is 19.1. The van der Waals surface area contributed by atoms with Gasteiger partial charge in [0.05, 0.1) is 13.0 Å². The minimum atomic E-state index is -0.597. The zero-order valence-electron chi connectivity index (χ0n) is 7.95. The fourth-order valence-corrected chi connectivity index (χ4v) is 1.19. The van der Waals surface area contributed by atoms with Gasteiger partial charge in [-0.05, 0) is 13.0 Å². The van der Waals surface area contributed by atoms with Crippen molar-refractivity contribution in [2.45, 2.75) is 12.8 Å². The van der Waals surface area contributed by atoms with Crippen LogP contribution < -0.4 is 0 Å². The van der Waals surface area contributed by atoms with E-state index >= 15 is 0 Å². The topological polar surface area (TPSA) is 46.5 Å². The minimum Gasteiger partial charge on any atom is -0.508 e. The van der Waals surface area contributed by atoms with Crippen LogP contribution in [0.1, 0.15) is 18.4 Å². The molecule has 0 radical (unpaired) electrons. The normalized spacial score (nSPS) is 12.2. The SMILES string of the molecule is COC(=O)C(C)c1ccc(F)cc1O. The molecule has 3 nitrogen and oxygen atoms in total. The molecule has 1 N–H and O–H groups in total. The van der Waals surface area contributed by atoms with Crippen molar-refractivity contribution in [3.05, 3.63) is 29.6 Å². The van der Waals surface area contributed by atoms with E-state index in [9.17, 15) is 14.3 Å². The van der Waals surface area contributed by atoms with Gasteiger partial charge >= 0.3 is 5.97 Å². The van der Waals surface area contributed by atoms with E-state index in [2.05, 4.69) is 4.74 Å². The molecule has 0 bridgehead atoms. The summed E-state index contributed by atoms with van der Waals surface area (Å²) in [7, 11) is 1.26. The van der Waals surface area contributed by atoms with E-state index in [1.807, 2.05) is 0 Å². The number of carbonyl (C=O) groups excluding carboxylic acids is 1. The Balaban J connectivity index is 3.01. The van der Waals surface area contributed by atoms with Crippen LogP contribution >= 0.6 is 0 Å². The molecule has 1 aromatic carbocycles. The molecule has 0 aliphatic carbocycles. The van der Waals surface area contributed by atoms with Crippen molar-refractivity contribution in [3.63, 3.8) is 0 Å². The Morgan fingerprint density at radius 2 is 2.21 bits per heavy atom. The first-order valence-electron chi connectivity index (χ1n) is 4.12. The highest BCUT2D eigenvalue weighted by Gasteiger charge is 2.18. The van der Waals surface area contributed by atoms with Gasteiger partial charge in [0.2, 0.25) is 0 Å². The molecule has 0 aliphatic rings. The predicted molar refractivity (Wildman–Crippen MR) is 48.5 cm³/mol. The Morgan fingerprint density at radius 1 is 1.57 bits per heavy atom. The summed E-state index contributed by atoms with van der Waals surface area (Å²) >= 11 is 0. The molecular formula is C10H11FO3. The van der Waals surface area contributed by atoms with Gasteiger partial charge in [0.25, 0.3) is 0 Å². The smallest absolute Gasteiger partial charge is 0.312 e. The first-order valence-corrected chi connectivity index (χ1v) is 4.12. The number of aromatic hydroxyl groups is 1. The number of ether oxygens (including phenoxy) is 1. The number of phenolic OH excluding ortho intramolecular Hbond substituents is 1. The zero-order valence-corrected chi connectivity index (χ0v) is 7.95. The second-order valence-electron chi connectivity index (χ2n) is 2.95. The summed E-state index contributed by atoms with van der Waals surface area (Å²) < 4.78 is 17.1. The molecule has 0 spiro atoms. The number of esters is 1. The Labute approximate surface area is 81.1 Å². The average molecular weight is 198 g/mol.